The first kappa shape index (κ1) is 13.0. The molecule has 0 saturated carbocycles. The predicted octanol–water partition coefficient (Wildman–Crippen LogP) is 3.07. The van der Waals surface area contributed by atoms with Crippen molar-refractivity contribution >= 4 is 39.1 Å². The van der Waals surface area contributed by atoms with E-state index >= 15 is 0 Å². The number of anilines is 1. The maximum atomic E-state index is 11.7. The number of amides is 1. The van der Waals surface area contributed by atoms with Crippen LogP contribution in [0.5, 0.6) is 0 Å². The van der Waals surface area contributed by atoms with Crippen LogP contribution >= 0.6 is 27.5 Å². The minimum atomic E-state index is -0.122. The molecule has 0 aliphatic rings. The molecule has 2 rings (SSSR count). The molecule has 0 fully saturated rings. The average molecular weight is 327 g/mol. The highest BCUT2D eigenvalue weighted by atomic mass is 79.9. The molecule has 4 nitrogen and oxygen atoms in total. The van der Waals surface area contributed by atoms with E-state index in [4.69, 9.17) is 11.6 Å². The molecular weight excluding hydrogens is 318 g/mol. The van der Waals surface area contributed by atoms with Gasteiger partial charge in [0.05, 0.1) is 18.3 Å². The summed E-state index contributed by atoms with van der Waals surface area (Å²) in [5, 5.41) is 3.16. The molecule has 0 atom stereocenters. The summed E-state index contributed by atoms with van der Waals surface area (Å²) in [5.41, 5.74) is 1.46. The van der Waals surface area contributed by atoms with Gasteiger partial charge in [-0.05, 0) is 39.7 Å². The fourth-order valence-electron chi connectivity index (χ4n) is 1.35. The highest BCUT2D eigenvalue weighted by molar-refractivity contribution is 9.10. The Kier molecular flexibility index (Phi) is 4.28. The lowest BCUT2D eigenvalue weighted by Gasteiger charge is -2.04. The summed E-state index contributed by atoms with van der Waals surface area (Å²) in [6, 6.07) is 6.97. The van der Waals surface area contributed by atoms with Crippen molar-refractivity contribution in [1.29, 1.82) is 0 Å². The number of pyridine rings is 2. The number of halogens is 2. The van der Waals surface area contributed by atoms with Crippen LogP contribution in [0.3, 0.4) is 0 Å². The summed E-state index contributed by atoms with van der Waals surface area (Å²) in [7, 11) is 0. The zero-order chi connectivity index (χ0) is 13.0. The summed E-state index contributed by atoms with van der Waals surface area (Å²) in [6.07, 6.45) is 3.42. The van der Waals surface area contributed by atoms with Crippen LogP contribution in [0.15, 0.2) is 41.3 Å². The molecule has 0 aliphatic heterocycles. The zero-order valence-corrected chi connectivity index (χ0v) is 11.6. The molecule has 6 heteroatoms. The Morgan fingerprint density at radius 2 is 2.06 bits per heavy atom. The first-order chi connectivity index (χ1) is 8.63. The Balaban J connectivity index is 1.96. The van der Waals surface area contributed by atoms with Crippen LogP contribution in [-0.4, -0.2) is 15.9 Å². The lowest BCUT2D eigenvalue weighted by Crippen LogP contribution is -2.14. The van der Waals surface area contributed by atoms with Crippen molar-refractivity contribution in [3.05, 3.63) is 52.0 Å². The Bertz CT molecular complexity index is 493. The van der Waals surface area contributed by atoms with E-state index < -0.39 is 0 Å². The van der Waals surface area contributed by atoms with Crippen molar-refractivity contribution in [2.75, 3.05) is 5.32 Å². The molecular formula is C12H9BrClN3O. The number of hydrogen-bond donors (Lipinski definition) is 1. The standard InChI is InChI=1S/C12H9BrClN3O/c13-10-3-2-9(7-15-10)17-12(18)5-8-1-4-11(14)16-6-8/h1-4,6-7H,5H2,(H,17,18). The number of aromatic nitrogens is 2. The molecule has 2 aromatic rings. The first-order valence-electron chi connectivity index (χ1n) is 5.15. The monoisotopic (exact) mass is 325 g/mol. The van der Waals surface area contributed by atoms with Crippen molar-refractivity contribution in [2.24, 2.45) is 0 Å². The fraction of sp³-hybridized carbons (Fsp3) is 0.0833. The van der Waals surface area contributed by atoms with Crippen LogP contribution in [-0.2, 0) is 11.2 Å². The van der Waals surface area contributed by atoms with Gasteiger partial charge in [0.15, 0.2) is 0 Å². The second kappa shape index (κ2) is 5.93. The first-order valence-corrected chi connectivity index (χ1v) is 6.32. The second-order valence-corrected chi connectivity index (χ2v) is 4.78. The zero-order valence-electron chi connectivity index (χ0n) is 9.23. The van der Waals surface area contributed by atoms with Gasteiger partial charge in [-0.2, -0.15) is 0 Å². The molecule has 0 saturated heterocycles. The largest absolute Gasteiger partial charge is 0.324 e. The Morgan fingerprint density at radius 1 is 1.22 bits per heavy atom. The van der Waals surface area contributed by atoms with E-state index in [1.165, 1.54) is 0 Å². The van der Waals surface area contributed by atoms with Gasteiger partial charge in [0, 0.05) is 6.20 Å². The van der Waals surface area contributed by atoms with Crippen molar-refractivity contribution in [3.8, 4) is 0 Å². The molecule has 0 aliphatic carbocycles. The minimum absolute atomic E-state index is 0.122. The lowest BCUT2D eigenvalue weighted by atomic mass is 10.2. The molecule has 0 unspecified atom stereocenters. The van der Waals surface area contributed by atoms with Crippen molar-refractivity contribution < 1.29 is 4.79 Å². The van der Waals surface area contributed by atoms with Gasteiger partial charge in [-0.25, -0.2) is 9.97 Å². The van der Waals surface area contributed by atoms with E-state index in [2.05, 4.69) is 31.2 Å². The summed E-state index contributed by atoms with van der Waals surface area (Å²) in [6.45, 7) is 0. The fourth-order valence-corrected chi connectivity index (χ4v) is 1.70. The SMILES string of the molecule is O=C(Cc1ccc(Cl)nc1)Nc1ccc(Br)nc1. The predicted molar refractivity (Wildman–Crippen MR) is 73.5 cm³/mol. The summed E-state index contributed by atoms with van der Waals surface area (Å²) in [4.78, 5) is 19.7. The van der Waals surface area contributed by atoms with Crippen molar-refractivity contribution in [1.82, 2.24) is 9.97 Å². The van der Waals surface area contributed by atoms with Gasteiger partial charge >= 0.3 is 0 Å². The van der Waals surface area contributed by atoms with E-state index in [1.807, 2.05) is 0 Å². The van der Waals surface area contributed by atoms with Gasteiger partial charge in [-0.15, -0.1) is 0 Å². The number of hydrogen-bond acceptors (Lipinski definition) is 3. The van der Waals surface area contributed by atoms with E-state index in [1.54, 1.807) is 36.7 Å². The van der Waals surface area contributed by atoms with E-state index in [0.29, 0.717) is 10.8 Å². The summed E-state index contributed by atoms with van der Waals surface area (Å²) < 4.78 is 0.724. The Hall–Kier alpha value is -1.46. The van der Waals surface area contributed by atoms with E-state index in [0.717, 1.165) is 10.2 Å². The number of carbonyl (C=O) groups is 1. The molecule has 1 N–H and O–H groups in total. The topological polar surface area (TPSA) is 54.9 Å². The molecule has 1 amide bonds. The summed E-state index contributed by atoms with van der Waals surface area (Å²) in [5.74, 6) is -0.122. The third kappa shape index (κ3) is 3.78. The quantitative estimate of drug-likeness (QED) is 0.882. The maximum Gasteiger partial charge on any atom is 0.228 e. The molecule has 0 spiro atoms. The van der Waals surface area contributed by atoms with Crippen LogP contribution in [0.1, 0.15) is 5.56 Å². The van der Waals surface area contributed by atoms with Crippen molar-refractivity contribution in [3.63, 3.8) is 0 Å². The van der Waals surface area contributed by atoms with Gasteiger partial charge in [0.2, 0.25) is 5.91 Å². The van der Waals surface area contributed by atoms with Gasteiger partial charge in [-0.3, -0.25) is 4.79 Å². The van der Waals surface area contributed by atoms with Crippen LogP contribution in [0, 0.1) is 0 Å². The number of rotatable bonds is 3. The van der Waals surface area contributed by atoms with Gasteiger partial charge < -0.3 is 5.32 Å². The lowest BCUT2D eigenvalue weighted by molar-refractivity contribution is -0.115. The third-order valence-corrected chi connectivity index (χ3v) is 2.86. The number of nitrogens with one attached hydrogen (secondary N) is 1. The Morgan fingerprint density at radius 3 is 2.67 bits per heavy atom. The van der Waals surface area contributed by atoms with Crippen LogP contribution in [0.2, 0.25) is 5.15 Å². The van der Waals surface area contributed by atoms with Gasteiger partial charge in [-0.1, -0.05) is 17.7 Å². The smallest absolute Gasteiger partial charge is 0.228 e. The minimum Gasteiger partial charge on any atom is -0.324 e. The Labute approximate surface area is 118 Å². The molecule has 0 bridgehead atoms. The molecule has 18 heavy (non-hydrogen) atoms. The molecule has 0 radical (unpaired) electrons. The highest BCUT2D eigenvalue weighted by Crippen LogP contribution is 2.11. The molecule has 2 aromatic heterocycles. The normalized spacial score (nSPS) is 10.1. The number of carbonyl (C=O) groups excluding carboxylic acids is 1. The maximum absolute atomic E-state index is 11.7. The molecule has 92 valence electrons. The second-order valence-electron chi connectivity index (χ2n) is 3.58. The highest BCUT2D eigenvalue weighted by Gasteiger charge is 2.04. The van der Waals surface area contributed by atoms with Crippen LogP contribution in [0.25, 0.3) is 0 Å². The van der Waals surface area contributed by atoms with E-state index in [9.17, 15) is 4.79 Å². The third-order valence-electron chi connectivity index (χ3n) is 2.16. The van der Waals surface area contributed by atoms with Crippen molar-refractivity contribution in [2.45, 2.75) is 6.42 Å². The summed E-state index contributed by atoms with van der Waals surface area (Å²) >= 11 is 8.90. The van der Waals surface area contributed by atoms with E-state index in [-0.39, 0.29) is 12.3 Å². The molecule has 2 heterocycles. The van der Waals surface area contributed by atoms with Crippen LogP contribution < -0.4 is 5.32 Å². The molecule has 0 aromatic carbocycles. The van der Waals surface area contributed by atoms with Gasteiger partial charge in [0.1, 0.15) is 9.76 Å². The average Bonchev–Trinajstić information content (AvgIpc) is 2.35. The van der Waals surface area contributed by atoms with Crippen LogP contribution in [0.4, 0.5) is 5.69 Å². The number of nitrogens with zero attached hydrogens (tertiary/aromatic N) is 2. The van der Waals surface area contributed by atoms with Gasteiger partial charge in [0.25, 0.3) is 0 Å².